The average molecular weight is 546 g/mol. The van der Waals surface area contributed by atoms with E-state index in [9.17, 15) is 9.90 Å². The fourth-order valence-electron chi connectivity index (χ4n) is 4.33. The zero-order chi connectivity index (χ0) is 27.3. The van der Waals surface area contributed by atoms with Crippen LogP contribution >= 0.6 is 11.3 Å². The molecule has 0 saturated heterocycles. The summed E-state index contributed by atoms with van der Waals surface area (Å²) in [7, 11) is 3.08. The van der Waals surface area contributed by atoms with E-state index in [1.165, 1.54) is 35.5 Å². The summed E-state index contributed by atoms with van der Waals surface area (Å²) in [6.45, 7) is 3.93. The number of hydrogen-bond acceptors (Lipinski definition) is 11. The van der Waals surface area contributed by atoms with E-state index in [1.807, 2.05) is 32.0 Å². The molecule has 198 valence electrons. The maximum Gasteiger partial charge on any atom is 0.417 e. The second-order valence-corrected chi connectivity index (χ2v) is 9.98. The highest BCUT2D eigenvalue weighted by Crippen LogP contribution is 2.46. The summed E-state index contributed by atoms with van der Waals surface area (Å²) in [5.41, 5.74) is 5.43. The van der Waals surface area contributed by atoms with Crippen molar-refractivity contribution in [3.63, 3.8) is 0 Å². The second kappa shape index (κ2) is 9.55. The average Bonchev–Trinajstić information content (AvgIpc) is 3.38. The third kappa shape index (κ3) is 4.48. The first kappa shape index (κ1) is 24.6. The normalized spacial score (nSPS) is 14.4. The van der Waals surface area contributed by atoms with Crippen molar-refractivity contribution in [3.8, 4) is 33.8 Å². The van der Waals surface area contributed by atoms with Gasteiger partial charge in [0.2, 0.25) is 11.8 Å². The minimum Gasteiger partial charge on any atom is -0.493 e. The summed E-state index contributed by atoms with van der Waals surface area (Å²) < 4.78 is 23.7. The van der Waals surface area contributed by atoms with Crippen LogP contribution in [0, 0.1) is 13.8 Å². The van der Waals surface area contributed by atoms with E-state index in [0.717, 1.165) is 42.9 Å². The molecule has 0 bridgehead atoms. The summed E-state index contributed by atoms with van der Waals surface area (Å²) in [5, 5.41) is 10.4. The van der Waals surface area contributed by atoms with Crippen molar-refractivity contribution in [1.29, 1.82) is 0 Å². The Labute approximate surface area is 226 Å². The number of amides is 1. The molecule has 11 nitrogen and oxygen atoms in total. The Morgan fingerprint density at radius 1 is 1.15 bits per heavy atom. The lowest BCUT2D eigenvalue weighted by Crippen LogP contribution is -2.38. The van der Waals surface area contributed by atoms with Crippen LogP contribution in [-0.2, 0) is 4.74 Å². The summed E-state index contributed by atoms with van der Waals surface area (Å²) >= 11 is 1.47. The van der Waals surface area contributed by atoms with Crippen LogP contribution in [0.15, 0.2) is 42.7 Å². The van der Waals surface area contributed by atoms with Gasteiger partial charge in [-0.25, -0.2) is 24.7 Å². The lowest BCUT2D eigenvalue weighted by atomic mass is 10.1. The van der Waals surface area contributed by atoms with Crippen LogP contribution in [0.1, 0.15) is 11.1 Å². The first-order chi connectivity index (χ1) is 18.8. The fraction of sp³-hybridized carbons (Fsp3) is 0.222. The number of rotatable bonds is 4. The molecule has 4 heterocycles. The Kier molecular flexibility index (Phi) is 6.03. The number of ether oxygens (including phenoxy) is 4. The van der Waals surface area contributed by atoms with Gasteiger partial charge in [-0.15, -0.1) is 11.3 Å². The molecule has 1 aliphatic rings. The Bertz CT molecular complexity index is 1760. The molecule has 1 N–H and O–H groups in total. The van der Waals surface area contributed by atoms with E-state index in [4.69, 9.17) is 23.9 Å². The van der Waals surface area contributed by atoms with E-state index in [-0.39, 0.29) is 12.5 Å². The Morgan fingerprint density at radius 2 is 2.00 bits per heavy atom. The van der Waals surface area contributed by atoms with Crippen molar-refractivity contribution in [3.05, 3.63) is 53.9 Å². The van der Waals surface area contributed by atoms with Gasteiger partial charge in [0.25, 0.3) is 6.29 Å². The number of nitrogens with zero attached hydrogens (tertiary/aromatic N) is 5. The number of thiazole rings is 1. The number of carbonyl (C=O) groups is 1. The molecular weight excluding hydrogens is 522 g/mol. The molecule has 12 heteroatoms. The summed E-state index contributed by atoms with van der Waals surface area (Å²) in [6.07, 6.45) is 1.36. The Balaban J connectivity index is 1.30. The van der Waals surface area contributed by atoms with Crippen LogP contribution in [0.4, 0.5) is 10.5 Å². The first-order valence-electron chi connectivity index (χ1n) is 12.0. The lowest BCUT2D eigenvalue weighted by molar-refractivity contribution is -0.0717. The zero-order valence-corrected chi connectivity index (χ0v) is 22.3. The number of benzene rings is 2. The molecule has 1 aliphatic heterocycles. The maximum atomic E-state index is 12.7. The van der Waals surface area contributed by atoms with E-state index in [0.29, 0.717) is 23.1 Å². The SMILES string of the molecule is COc1cnc2c(-c3nc4c(C)cc5c(c4s3)OCC(OC(=O)N(C)c3ccnc(O)c3)O5)cc(C)cc2n1. The van der Waals surface area contributed by atoms with Crippen LogP contribution in [0.25, 0.3) is 31.8 Å². The summed E-state index contributed by atoms with van der Waals surface area (Å²) in [5.74, 6) is 1.25. The molecule has 1 unspecified atom stereocenters. The molecule has 1 amide bonds. The predicted octanol–water partition coefficient (Wildman–Crippen LogP) is 5.00. The maximum absolute atomic E-state index is 12.7. The molecule has 0 radical (unpaired) electrons. The zero-order valence-electron chi connectivity index (χ0n) is 21.5. The van der Waals surface area contributed by atoms with Gasteiger partial charge in [0.1, 0.15) is 9.71 Å². The number of carbonyl (C=O) groups excluding carboxylic acids is 1. The minimum atomic E-state index is -0.960. The molecule has 0 spiro atoms. The molecule has 0 aliphatic carbocycles. The van der Waals surface area contributed by atoms with Crippen molar-refractivity contribution in [2.45, 2.75) is 20.1 Å². The molecule has 5 aromatic rings. The van der Waals surface area contributed by atoms with Gasteiger partial charge in [0, 0.05) is 24.9 Å². The van der Waals surface area contributed by atoms with Gasteiger partial charge >= 0.3 is 6.09 Å². The van der Waals surface area contributed by atoms with Crippen molar-refractivity contribution < 1.29 is 28.8 Å². The quantitative estimate of drug-likeness (QED) is 0.329. The smallest absolute Gasteiger partial charge is 0.417 e. The van der Waals surface area contributed by atoms with Crippen molar-refractivity contribution in [2.24, 2.45) is 0 Å². The highest BCUT2D eigenvalue weighted by Gasteiger charge is 2.30. The number of hydrogen-bond donors (Lipinski definition) is 1. The highest BCUT2D eigenvalue weighted by atomic mass is 32.1. The van der Waals surface area contributed by atoms with Crippen LogP contribution < -0.4 is 19.1 Å². The van der Waals surface area contributed by atoms with E-state index in [2.05, 4.69) is 15.0 Å². The van der Waals surface area contributed by atoms with Crippen LogP contribution in [-0.4, -0.2) is 58.2 Å². The van der Waals surface area contributed by atoms with Gasteiger partial charge in [0.15, 0.2) is 18.1 Å². The summed E-state index contributed by atoms with van der Waals surface area (Å²) in [4.78, 5) is 31.7. The van der Waals surface area contributed by atoms with Gasteiger partial charge in [-0.2, -0.15) is 0 Å². The van der Waals surface area contributed by atoms with Crippen LogP contribution in [0.3, 0.4) is 0 Å². The Hall–Kier alpha value is -4.71. The number of aryl methyl sites for hydroxylation is 2. The standard InChI is InChI=1S/C27H23N5O6S/c1-13-7-16(23-17(8-13)30-20(35-4)11-29-23)26-31-22-14(2)9-18-24(25(22)39-26)36-12-21(37-18)38-27(34)32(3)15-5-6-28-19(33)10-15/h5-11,21H,12H2,1-4H3,(H,28,33). The Morgan fingerprint density at radius 3 is 2.79 bits per heavy atom. The third-order valence-corrected chi connectivity index (χ3v) is 7.32. The monoisotopic (exact) mass is 545 g/mol. The summed E-state index contributed by atoms with van der Waals surface area (Å²) in [6, 6.07) is 8.76. The number of pyridine rings is 1. The fourth-order valence-corrected chi connectivity index (χ4v) is 5.48. The van der Waals surface area contributed by atoms with Crippen molar-refractivity contribution in [1.82, 2.24) is 19.9 Å². The molecule has 2 aromatic carbocycles. The number of fused-ring (bicyclic) bond motifs is 4. The van der Waals surface area contributed by atoms with Crippen molar-refractivity contribution in [2.75, 3.05) is 25.7 Å². The minimum absolute atomic E-state index is 0.00177. The molecular formula is C27H23N5O6S. The van der Waals surface area contributed by atoms with E-state index < -0.39 is 12.4 Å². The second-order valence-electron chi connectivity index (χ2n) is 8.98. The van der Waals surface area contributed by atoms with Gasteiger partial charge in [-0.05, 0) is 49.2 Å². The van der Waals surface area contributed by atoms with Crippen LogP contribution in [0.5, 0.6) is 23.3 Å². The molecule has 1 atom stereocenters. The van der Waals surface area contributed by atoms with E-state index in [1.54, 1.807) is 19.4 Å². The molecule has 0 saturated carbocycles. The highest BCUT2D eigenvalue weighted by molar-refractivity contribution is 7.22. The topological polar surface area (TPSA) is 129 Å². The molecule has 3 aromatic heterocycles. The largest absolute Gasteiger partial charge is 0.493 e. The van der Waals surface area contributed by atoms with Gasteiger partial charge in [-0.1, -0.05) is 0 Å². The molecule has 6 rings (SSSR count). The predicted molar refractivity (Wildman–Crippen MR) is 145 cm³/mol. The van der Waals surface area contributed by atoms with E-state index >= 15 is 0 Å². The third-order valence-electron chi connectivity index (χ3n) is 6.23. The van der Waals surface area contributed by atoms with Crippen LogP contribution in [0.2, 0.25) is 0 Å². The number of aromatic nitrogens is 4. The van der Waals surface area contributed by atoms with Gasteiger partial charge < -0.3 is 24.1 Å². The number of aromatic hydroxyl groups is 1. The molecule has 39 heavy (non-hydrogen) atoms. The van der Waals surface area contributed by atoms with Crippen molar-refractivity contribution >= 4 is 44.4 Å². The number of methoxy groups -OCH3 is 1. The van der Waals surface area contributed by atoms with Gasteiger partial charge in [-0.3, -0.25) is 4.90 Å². The number of anilines is 1. The lowest BCUT2D eigenvalue weighted by Gasteiger charge is -2.28. The van der Waals surface area contributed by atoms with Gasteiger partial charge in [0.05, 0.1) is 35.5 Å². The molecule has 0 fully saturated rings. The first-order valence-corrected chi connectivity index (χ1v) is 12.8.